The van der Waals surface area contributed by atoms with Crippen LogP contribution in [0.25, 0.3) is 0 Å². The fourth-order valence-corrected chi connectivity index (χ4v) is 2.28. The van der Waals surface area contributed by atoms with Crippen LogP contribution in [-0.2, 0) is 4.74 Å². The number of halogens is 1. The van der Waals surface area contributed by atoms with E-state index in [-0.39, 0.29) is 0 Å². The first kappa shape index (κ1) is 10.2. The Kier molecular flexibility index (Phi) is 4.18. The minimum Gasteiger partial charge on any atom is -0.385 e. The van der Waals surface area contributed by atoms with Gasteiger partial charge in [-0.3, -0.25) is 0 Å². The van der Waals surface area contributed by atoms with E-state index in [1.807, 2.05) is 6.92 Å². The standard InChI is InChI=1S/C8H12BrNOS/c1-6-5-12-8(10-6)7(9)3-4-11-2/h5,7H,3-4H2,1-2H3. The van der Waals surface area contributed by atoms with Gasteiger partial charge in [-0.1, -0.05) is 15.9 Å². The molecule has 1 aromatic heterocycles. The zero-order valence-electron chi connectivity index (χ0n) is 7.21. The lowest BCUT2D eigenvalue weighted by Crippen LogP contribution is -1.95. The largest absolute Gasteiger partial charge is 0.385 e. The van der Waals surface area contributed by atoms with Crippen LogP contribution in [0.4, 0.5) is 0 Å². The molecule has 0 bridgehead atoms. The Balaban J connectivity index is 2.47. The smallest absolute Gasteiger partial charge is 0.107 e. The molecule has 4 heteroatoms. The summed E-state index contributed by atoms with van der Waals surface area (Å²) in [6, 6.07) is 0. The Morgan fingerprint density at radius 1 is 1.75 bits per heavy atom. The Hall–Kier alpha value is 0.0700. The molecule has 12 heavy (non-hydrogen) atoms. The lowest BCUT2D eigenvalue weighted by molar-refractivity contribution is 0.195. The molecule has 0 saturated carbocycles. The quantitative estimate of drug-likeness (QED) is 0.766. The van der Waals surface area contributed by atoms with Gasteiger partial charge in [-0.2, -0.15) is 0 Å². The van der Waals surface area contributed by atoms with E-state index in [0.29, 0.717) is 4.83 Å². The normalized spacial score (nSPS) is 13.2. The van der Waals surface area contributed by atoms with Gasteiger partial charge in [-0.15, -0.1) is 11.3 Å². The minimum absolute atomic E-state index is 0.344. The highest BCUT2D eigenvalue weighted by molar-refractivity contribution is 9.09. The van der Waals surface area contributed by atoms with Gasteiger partial charge in [0.1, 0.15) is 5.01 Å². The van der Waals surface area contributed by atoms with Crippen molar-refractivity contribution in [3.63, 3.8) is 0 Å². The average Bonchev–Trinajstić information content (AvgIpc) is 2.47. The third-order valence-corrected chi connectivity index (χ3v) is 3.75. The first-order chi connectivity index (χ1) is 5.74. The molecule has 1 heterocycles. The number of methoxy groups -OCH3 is 1. The van der Waals surface area contributed by atoms with Gasteiger partial charge >= 0.3 is 0 Å². The van der Waals surface area contributed by atoms with Crippen LogP contribution in [0.3, 0.4) is 0 Å². The van der Waals surface area contributed by atoms with Crippen molar-refractivity contribution in [3.8, 4) is 0 Å². The van der Waals surface area contributed by atoms with Gasteiger partial charge in [-0.25, -0.2) is 4.98 Å². The molecule has 0 spiro atoms. The van der Waals surface area contributed by atoms with E-state index in [4.69, 9.17) is 4.74 Å². The Bertz CT molecular complexity index is 239. The highest BCUT2D eigenvalue weighted by Crippen LogP contribution is 2.28. The summed E-state index contributed by atoms with van der Waals surface area (Å²) in [6.07, 6.45) is 0.976. The predicted octanol–water partition coefficient (Wildman–Crippen LogP) is 2.92. The SMILES string of the molecule is COCCC(Br)c1nc(C)cs1. The van der Waals surface area contributed by atoms with Crippen molar-refractivity contribution in [1.82, 2.24) is 4.98 Å². The molecule has 0 fully saturated rings. The van der Waals surface area contributed by atoms with Crippen molar-refractivity contribution in [3.05, 3.63) is 16.1 Å². The van der Waals surface area contributed by atoms with Crippen LogP contribution >= 0.6 is 27.3 Å². The molecule has 0 aliphatic carbocycles. The van der Waals surface area contributed by atoms with E-state index >= 15 is 0 Å². The number of aryl methyl sites for hydroxylation is 1. The second kappa shape index (κ2) is 4.94. The molecule has 0 aliphatic rings. The minimum atomic E-state index is 0.344. The maximum atomic E-state index is 4.99. The molecule has 1 rings (SSSR count). The molecule has 0 N–H and O–H groups in total. The van der Waals surface area contributed by atoms with Crippen LogP contribution in [0.1, 0.15) is 21.9 Å². The van der Waals surface area contributed by atoms with Crippen molar-refractivity contribution >= 4 is 27.3 Å². The lowest BCUT2D eigenvalue weighted by atomic mass is 10.3. The van der Waals surface area contributed by atoms with Crippen LogP contribution in [0.15, 0.2) is 5.38 Å². The summed E-state index contributed by atoms with van der Waals surface area (Å²) in [5.41, 5.74) is 1.09. The van der Waals surface area contributed by atoms with E-state index in [0.717, 1.165) is 23.7 Å². The van der Waals surface area contributed by atoms with Crippen LogP contribution in [0.2, 0.25) is 0 Å². The van der Waals surface area contributed by atoms with Crippen LogP contribution in [0, 0.1) is 6.92 Å². The fourth-order valence-electron chi connectivity index (χ4n) is 0.861. The summed E-state index contributed by atoms with van der Waals surface area (Å²) in [5, 5.41) is 3.21. The molecule has 0 aliphatic heterocycles. The highest BCUT2D eigenvalue weighted by Gasteiger charge is 2.10. The summed E-state index contributed by atoms with van der Waals surface area (Å²) in [4.78, 5) is 4.72. The maximum absolute atomic E-state index is 4.99. The molecule has 1 aromatic rings. The van der Waals surface area contributed by atoms with E-state index in [1.54, 1.807) is 18.4 Å². The van der Waals surface area contributed by atoms with Crippen molar-refractivity contribution in [1.29, 1.82) is 0 Å². The number of nitrogens with zero attached hydrogens (tertiary/aromatic N) is 1. The average molecular weight is 250 g/mol. The Morgan fingerprint density at radius 3 is 3.00 bits per heavy atom. The van der Waals surface area contributed by atoms with E-state index in [9.17, 15) is 0 Å². The number of ether oxygens (including phenoxy) is 1. The third-order valence-electron chi connectivity index (χ3n) is 1.48. The number of hydrogen-bond donors (Lipinski definition) is 0. The monoisotopic (exact) mass is 249 g/mol. The highest BCUT2D eigenvalue weighted by atomic mass is 79.9. The van der Waals surface area contributed by atoms with Crippen LogP contribution in [0.5, 0.6) is 0 Å². The molecule has 0 radical (unpaired) electrons. The van der Waals surface area contributed by atoms with Gasteiger partial charge in [0.05, 0.1) is 4.83 Å². The first-order valence-electron chi connectivity index (χ1n) is 3.79. The number of thiazole rings is 1. The third kappa shape index (κ3) is 2.84. The zero-order valence-corrected chi connectivity index (χ0v) is 9.61. The number of hydrogen-bond acceptors (Lipinski definition) is 3. The summed E-state index contributed by atoms with van der Waals surface area (Å²) < 4.78 is 4.99. The van der Waals surface area contributed by atoms with Gasteiger partial charge < -0.3 is 4.74 Å². The summed E-state index contributed by atoms with van der Waals surface area (Å²) >= 11 is 5.26. The second-order valence-electron chi connectivity index (χ2n) is 2.58. The van der Waals surface area contributed by atoms with Crippen molar-refractivity contribution in [2.45, 2.75) is 18.2 Å². The first-order valence-corrected chi connectivity index (χ1v) is 5.58. The summed E-state index contributed by atoms with van der Waals surface area (Å²) in [7, 11) is 1.72. The number of rotatable bonds is 4. The van der Waals surface area contributed by atoms with Crippen LogP contribution in [-0.4, -0.2) is 18.7 Å². The summed E-state index contributed by atoms with van der Waals surface area (Å²) in [6.45, 7) is 2.78. The van der Waals surface area contributed by atoms with Crippen LogP contribution < -0.4 is 0 Å². The molecular formula is C8H12BrNOS. The van der Waals surface area contributed by atoms with E-state index in [2.05, 4.69) is 26.3 Å². The van der Waals surface area contributed by atoms with Gasteiger partial charge in [0.15, 0.2) is 0 Å². The molecule has 2 nitrogen and oxygen atoms in total. The fraction of sp³-hybridized carbons (Fsp3) is 0.625. The molecule has 1 unspecified atom stereocenters. The number of aromatic nitrogens is 1. The molecule has 0 saturated heterocycles. The van der Waals surface area contributed by atoms with Gasteiger partial charge in [0.2, 0.25) is 0 Å². The van der Waals surface area contributed by atoms with Crippen molar-refractivity contribution in [2.75, 3.05) is 13.7 Å². The Morgan fingerprint density at radius 2 is 2.50 bits per heavy atom. The lowest BCUT2D eigenvalue weighted by Gasteiger charge is -2.04. The van der Waals surface area contributed by atoms with Gasteiger partial charge in [0, 0.05) is 24.8 Å². The van der Waals surface area contributed by atoms with Crippen molar-refractivity contribution < 1.29 is 4.74 Å². The summed E-state index contributed by atoms with van der Waals surface area (Å²) in [5.74, 6) is 0. The second-order valence-corrected chi connectivity index (χ2v) is 4.57. The molecule has 0 amide bonds. The molecule has 1 atom stereocenters. The van der Waals surface area contributed by atoms with Gasteiger partial charge in [-0.05, 0) is 13.3 Å². The zero-order chi connectivity index (χ0) is 8.97. The maximum Gasteiger partial charge on any atom is 0.107 e. The van der Waals surface area contributed by atoms with E-state index in [1.165, 1.54) is 0 Å². The van der Waals surface area contributed by atoms with Gasteiger partial charge in [0.25, 0.3) is 0 Å². The molecule has 0 aromatic carbocycles. The number of alkyl halides is 1. The topological polar surface area (TPSA) is 22.1 Å². The van der Waals surface area contributed by atoms with Crippen molar-refractivity contribution in [2.24, 2.45) is 0 Å². The molecular weight excluding hydrogens is 238 g/mol. The Labute approximate surface area is 85.1 Å². The predicted molar refractivity (Wildman–Crippen MR) is 55.0 cm³/mol. The molecule has 68 valence electrons. The van der Waals surface area contributed by atoms with E-state index < -0.39 is 0 Å².